The number of para-hydroxylation sites is 1. The van der Waals surface area contributed by atoms with E-state index in [1.54, 1.807) is 11.3 Å². The zero-order chi connectivity index (χ0) is 23.1. The van der Waals surface area contributed by atoms with Crippen molar-refractivity contribution in [1.82, 2.24) is 4.98 Å². The molecule has 1 N–H and O–H groups in total. The van der Waals surface area contributed by atoms with Crippen LogP contribution in [0.5, 0.6) is 5.75 Å². The van der Waals surface area contributed by atoms with Gasteiger partial charge in [-0.05, 0) is 45.2 Å². The number of rotatable bonds is 4. The maximum absolute atomic E-state index is 11.2. The van der Waals surface area contributed by atoms with E-state index in [0.717, 1.165) is 28.1 Å². The number of benzene rings is 3. The first-order chi connectivity index (χ1) is 15.0. The summed E-state index contributed by atoms with van der Waals surface area (Å²) in [5.74, 6) is 0.597. The molecule has 1 heterocycles. The molecule has 1 unspecified atom stereocenters. The molecule has 0 radical (unpaired) electrons. The van der Waals surface area contributed by atoms with Crippen LogP contribution in [0.2, 0.25) is 0 Å². The molecule has 0 amide bonds. The number of nitrogens with zero attached hydrogens (tertiary/aromatic N) is 1. The van der Waals surface area contributed by atoms with Crippen LogP contribution in [0.3, 0.4) is 0 Å². The molecule has 1 atom stereocenters. The Morgan fingerprint density at radius 2 is 1.34 bits per heavy atom. The molecule has 4 aromatic rings. The van der Waals surface area contributed by atoms with Gasteiger partial charge in [0, 0.05) is 12.3 Å². The number of thiazole rings is 1. The second kappa shape index (κ2) is 8.37. The molecule has 1 aromatic heterocycles. The highest BCUT2D eigenvalue weighted by Gasteiger charge is 2.29. The van der Waals surface area contributed by atoms with Crippen molar-refractivity contribution in [2.24, 2.45) is 0 Å². The minimum atomic E-state index is -0.156. The summed E-state index contributed by atoms with van der Waals surface area (Å²) in [6.07, 6.45) is 0.835. The first-order valence-corrected chi connectivity index (χ1v) is 12.1. The molecule has 32 heavy (non-hydrogen) atoms. The lowest BCUT2D eigenvalue weighted by Crippen LogP contribution is -2.19. The van der Waals surface area contributed by atoms with Gasteiger partial charge in [-0.15, -0.1) is 11.3 Å². The smallest absolute Gasteiger partial charge is 0.123 e. The summed E-state index contributed by atoms with van der Waals surface area (Å²) in [6, 6.07) is 23.5. The molecule has 166 valence electrons. The van der Waals surface area contributed by atoms with Gasteiger partial charge in [0.15, 0.2) is 0 Å². The van der Waals surface area contributed by atoms with Crippen molar-refractivity contribution < 1.29 is 5.11 Å². The van der Waals surface area contributed by atoms with Crippen molar-refractivity contribution in [2.75, 3.05) is 0 Å². The summed E-state index contributed by atoms with van der Waals surface area (Å²) in [6.45, 7) is 13.0. The second-order valence-electron chi connectivity index (χ2n) is 10.7. The first kappa shape index (κ1) is 22.5. The highest BCUT2D eigenvalue weighted by atomic mass is 32.1. The molecule has 3 heteroatoms. The van der Waals surface area contributed by atoms with Crippen LogP contribution in [0.15, 0.2) is 66.7 Å². The van der Waals surface area contributed by atoms with Gasteiger partial charge in [0.25, 0.3) is 0 Å². The highest BCUT2D eigenvalue weighted by Crippen LogP contribution is 2.43. The number of aromatic nitrogens is 1. The van der Waals surface area contributed by atoms with E-state index in [2.05, 4.69) is 102 Å². The predicted octanol–water partition coefficient (Wildman–Crippen LogP) is 7.97. The molecular formula is C29H33NOS. The zero-order valence-corrected chi connectivity index (χ0v) is 20.8. The Hall–Kier alpha value is -2.65. The van der Waals surface area contributed by atoms with Crippen molar-refractivity contribution in [3.63, 3.8) is 0 Å². The molecule has 0 aliphatic heterocycles. The van der Waals surface area contributed by atoms with Crippen molar-refractivity contribution in [3.8, 4) is 5.75 Å². The van der Waals surface area contributed by atoms with Crippen molar-refractivity contribution >= 4 is 21.6 Å². The maximum atomic E-state index is 11.2. The average molecular weight is 444 g/mol. The third-order valence-corrected chi connectivity index (χ3v) is 7.13. The van der Waals surface area contributed by atoms with Crippen LogP contribution in [0.1, 0.15) is 74.7 Å². The fourth-order valence-corrected chi connectivity index (χ4v) is 5.31. The lowest BCUT2D eigenvalue weighted by atomic mass is 9.76. The molecule has 0 saturated carbocycles. The van der Waals surface area contributed by atoms with E-state index in [0.29, 0.717) is 5.75 Å². The summed E-state index contributed by atoms with van der Waals surface area (Å²) >= 11 is 1.78. The standard InChI is InChI=1S/C29H33NOS/c1-28(2,3)22-16-20(17-23(27(22)31)29(4,5)6)21(19-12-8-7-9-13-19)18-26-30-24-14-10-11-15-25(24)32-26/h7-17,21,31H,18H2,1-6H3. The van der Waals surface area contributed by atoms with Gasteiger partial charge in [-0.25, -0.2) is 4.98 Å². The average Bonchev–Trinajstić information content (AvgIpc) is 3.14. The highest BCUT2D eigenvalue weighted by molar-refractivity contribution is 7.18. The molecule has 0 aliphatic carbocycles. The number of phenolic OH excluding ortho intramolecular Hbond substituents is 1. The van der Waals surface area contributed by atoms with Crippen molar-refractivity contribution in [2.45, 2.75) is 64.7 Å². The number of fused-ring (bicyclic) bond motifs is 1. The van der Waals surface area contributed by atoms with E-state index in [1.807, 2.05) is 6.07 Å². The topological polar surface area (TPSA) is 33.1 Å². The van der Waals surface area contributed by atoms with E-state index in [4.69, 9.17) is 4.98 Å². The lowest BCUT2D eigenvalue weighted by molar-refractivity contribution is 0.422. The molecule has 0 spiro atoms. The molecule has 2 nitrogen and oxygen atoms in total. The Morgan fingerprint density at radius 3 is 1.91 bits per heavy atom. The Labute approximate surface area is 196 Å². The third kappa shape index (κ3) is 4.59. The van der Waals surface area contributed by atoms with Gasteiger partial charge in [-0.2, -0.15) is 0 Å². The Morgan fingerprint density at radius 1 is 0.781 bits per heavy atom. The Kier molecular flexibility index (Phi) is 5.89. The van der Waals surface area contributed by atoms with Crippen molar-refractivity contribution in [3.05, 3.63) is 94.0 Å². The SMILES string of the molecule is CC(C)(C)c1cc(C(Cc2nc3ccccc3s2)c2ccccc2)cc(C(C)(C)C)c1O. The second-order valence-corrected chi connectivity index (χ2v) is 11.8. The summed E-state index contributed by atoms with van der Waals surface area (Å²) in [7, 11) is 0. The van der Waals surface area contributed by atoms with Crippen LogP contribution in [-0.4, -0.2) is 10.1 Å². The van der Waals surface area contributed by atoms with Crippen LogP contribution in [-0.2, 0) is 17.3 Å². The van der Waals surface area contributed by atoms with E-state index in [1.165, 1.54) is 15.8 Å². The van der Waals surface area contributed by atoms with E-state index in [-0.39, 0.29) is 16.7 Å². The number of hydrogen-bond donors (Lipinski definition) is 1. The van der Waals surface area contributed by atoms with Gasteiger partial charge in [-0.3, -0.25) is 0 Å². The molecular weight excluding hydrogens is 410 g/mol. The van der Waals surface area contributed by atoms with Gasteiger partial charge in [0.1, 0.15) is 5.75 Å². The molecule has 4 rings (SSSR count). The lowest BCUT2D eigenvalue weighted by Gasteiger charge is -2.30. The van der Waals surface area contributed by atoms with Gasteiger partial charge in [0.05, 0.1) is 15.2 Å². The molecule has 0 aliphatic rings. The van der Waals surface area contributed by atoms with Gasteiger partial charge in [0.2, 0.25) is 0 Å². The van der Waals surface area contributed by atoms with Crippen LogP contribution in [0.25, 0.3) is 10.2 Å². The van der Waals surface area contributed by atoms with E-state index >= 15 is 0 Å². The van der Waals surface area contributed by atoms with Crippen LogP contribution < -0.4 is 0 Å². The largest absolute Gasteiger partial charge is 0.507 e. The fourth-order valence-electron chi connectivity index (χ4n) is 4.30. The number of aromatic hydroxyl groups is 1. The summed E-state index contributed by atoms with van der Waals surface area (Å²) in [5, 5.41) is 12.4. The number of phenols is 1. The Balaban J connectivity index is 1.89. The van der Waals surface area contributed by atoms with Gasteiger partial charge in [-0.1, -0.05) is 96.1 Å². The minimum absolute atomic E-state index is 0.156. The molecule has 0 fully saturated rings. The van der Waals surface area contributed by atoms with E-state index in [9.17, 15) is 5.11 Å². The maximum Gasteiger partial charge on any atom is 0.123 e. The third-order valence-electron chi connectivity index (χ3n) is 6.07. The van der Waals surface area contributed by atoms with Crippen LogP contribution in [0.4, 0.5) is 0 Å². The molecule has 0 saturated heterocycles. The Bertz CT molecular complexity index is 1160. The monoisotopic (exact) mass is 443 g/mol. The quantitative estimate of drug-likeness (QED) is 0.347. The predicted molar refractivity (Wildman–Crippen MR) is 137 cm³/mol. The van der Waals surface area contributed by atoms with Gasteiger partial charge < -0.3 is 5.11 Å². The fraction of sp³-hybridized carbons (Fsp3) is 0.345. The van der Waals surface area contributed by atoms with E-state index < -0.39 is 0 Å². The first-order valence-electron chi connectivity index (χ1n) is 11.3. The molecule has 0 bridgehead atoms. The summed E-state index contributed by atoms with van der Waals surface area (Å²) in [5.41, 5.74) is 5.28. The number of hydrogen-bond acceptors (Lipinski definition) is 3. The normalized spacial score (nSPS) is 13.4. The minimum Gasteiger partial charge on any atom is -0.507 e. The van der Waals surface area contributed by atoms with Crippen LogP contribution >= 0.6 is 11.3 Å². The van der Waals surface area contributed by atoms with Crippen LogP contribution in [0, 0.1) is 0 Å². The van der Waals surface area contributed by atoms with Gasteiger partial charge >= 0.3 is 0 Å². The summed E-state index contributed by atoms with van der Waals surface area (Å²) in [4.78, 5) is 4.93. The van der Waals surface area contributed by atoms with Crippen molar-refractivity contribution in [1.29, 1.82) is 0 Å². The molecule has 3 aromatic carbocycles. The zero-order valence-electron chi connectivity index (χ0n) is 19.9. The summed E-state index contributed by atoms with van der Waals surface area (Å²) < 4.78 is 1.23.